The van der Waals surface area contributed by atoms with Crippen LogP contribution in [0.25, 0.3) is 0 Å². The van der Waals surface area contributed by atoms with Crippen LogP contribution >= 0.6 is 11.6 Å². The van der Waals surface area contributed by atoms with Gasteiger partial charge in [0.2, 0.25) is 0 Å². The molecule has 1 heterocycles. The molecule has 9 nitrogen and oxygen atoms in total. The lowest BCUT2D eigenvalue weighted by atomic mass is 10.2. The Balaban J connectivity index is 2.02. The van der Waals surface area contributed by atoms with E-state index in [9.17, 15) is 18.5 Å². The number of benzene rings is 2. The van der Waals surface area contributed by atoms with E-state index >= 15 is 0 Å². The van der Waals surface area contributed by atoms with E-state index in [0.717, 1.165) is 12.1 Å². The summed E-state index contributed by atoms with van der Waals surface area (Å²) in [6.07, 6.45) is 0. The van der Waals surface area contributed by atoms with E-state index in [0.29, 0.717) is 37.0 Å². The van der Waals surface area contributed by atoms with Gasteiger partial charge in [0.15, 0.2) is 4.90 Å². The lowest BCUT2D eigenvalue weighted by Gasteiger charge is -2.31. The van der Waals surface area contributed by atoms with Crippen molar-refractivity contribution < 1.29 is 22.8 Å². The van der Waals surface area contributed by atoms with Gasteiger partial charge in [0.05, 0.1) is 47.7 Å². The Bertz CT molecular complexity index is 992. The van der Waals surface area contributed by atoms with Crippen LogP contribution in [0.5, 0.6) is 5.75 Å². The van der Waals surface area contributed by atoms with Crippen molar-refractivity contribution in [3.63, 3.8) is 0 Å². The molecule has 0 bridgehead atoms. The third-order valence-corrected chi connectivity index (χ3v) is 5.93. The van der Waals surface area contributed by atoms with Gasteiger partial charge in [-0.3, -0.25) is 14.8 Å². The van der Waals surface area contributed by atoms with Gasteiger partial charge in [0, 0.05) is 13.1 Å². The molecule has 1 aliphatic rings. The molecular formula is C17H18ClN3O6S. The molecule has 1 saturated heterocycles. The normalized spacial score (nSPS) is 14.6. The number of anilines is 2. The van der Waals surface area contributed by atoms with Crippen molar-refractivity contribution in [1.82, 2.24) is 0 Å². The van der Waals surface area contributed by atoms with Crippen LogP contribution < -0.4 is 14.4 Å². The molecule has 0 aliphatic carbocycles. The maximum atomic E-state index is 12.9. The Morgan fingerprint density at radius 2 is 1.96 bits per heavy atom. The minimum Gasteiger partial charge on any atom is -0.497 e. The predicted octanol–water partition coefficient (Wildman–Crippen LogP) is 2.89. The second-order valence-corrected chi connectivity index (χ2v) is 7.99. The molecule has 0 unspecified atom stereocenters. The number of halogens is 1. The van der Waals surface area contributed by atoms with Crippen LogP contribution in [-0.2, 0) is 14.8 Å². The van der Waals surface area contributed by atoms with E-state index in [1.807, 2.05) is 4.90 Å². The van der Waals surface area contributed by atoms with Crippen LogP contribution in [0.1, 0.15) is 0 Å². The fourth-order valence-electron chi connectivity index (χ4n) is 2.90. The number of morpholine rings is 1. The number of rotatable bonds is 6. The highest BCUT2D eigenvalue weighted by molar-refractivity contribution is 7.92. The van der Waals surface area contributed by atoms with E-state index in [2.05, 4.69) is 4.72 Å². The molecule has 1 N–H and O–H groups in total. The van der Waals surface area contributed by atoms with Gasteiger partial charge in [-0.15, -0.1) is 0 Å². The number of nitrogens with one attached hydrogen (secondary N) is 1. The van der Waals surface area contributed by atoms with Crippen LogP contribution in [0.3, 0.4) is 0 Å². The Hall–Kier alpha value is -2.56. The molecule has 1 fully saturated rings. The first kappa shape index (κ1) is 20.2. The summed E-state index contributed by atoms with van der Waals surface area (Å²) in [6.45, 7) is 2.06. The van der Waals surface area contributed by atoms with Gasteiger partial charge < -0.3 is 14.4 Å². The Morgan fingerprint density at radius 1 is 1.25 bits per heavy atom. The molecule has 1 aliphatic heterocycles. The van der Waals surface area contributed by atoms with Crippen LogP contribution in [0, 0.1) is 10.1 Å². The molecular weight excluding hydrogens is 410 g/mol. The van der Waals surface area contributed by atoms with Gasteiger partial charge in [-0.05, 0) is 24.3 Å². The van der Waals surface area contributed by atoms with Crippen molar-refractivity contribution in [2.75, 3.05) is 43.0 Å². The van der Waals surface area contributed by atoms with Gasteiger partial charge in [-0.25, -0.2) is 8.42 Å². The number of hydrogen-bond acceptors (Lipinski definition) is 7. The molecule has 0 radical (unpaired) electrons. The molecule has 3 rings (SSSR count). The number of para-hydroxylation sites is 1. The van der Waals surface area contributed by atoms with Crippen molar-refractivity contribution in [2.45, 2.75) is 4.90 Å². The van der Waals surface area contributed by atoms with E-state index in [-0.39, 0.29) is 11.4 Å². The zero-order valence-electron chi connectivity index (χ0n) is 14.9. The number of sulfonamides is 1. The maximum absolute atomic E-state index is 12.9. The SMILES string of the molecule is COc1ccc(S(=O)(=O)Nc2cccc(Cl)c2N2CCOCC2)c([N+](=O)[O-])c1. The first-order chi connectivity index (χ1) is 13.3. The molecule has 0 atom stereocenters. The summed E-state index contributed by atoms with van der Waals surface area (Å²) in [5, 5.41) is 11.7. The smallest absolute Gasteiger partial charge is 0.293 e. The lowest BCUT2D eigenvalue weighted by Crippen LogP contribution is -2.37. The predicted molar refractivity (Wildman–Crippen MR) is 105 cm³/mol. The minimum atomic E-state index is -4.26. The van der Waals surface area contributed by atoms with Crippen molar-refractivity contribution in [1.29, 1.82) is 0 Å². The third kappa shape index (κ3) is 4.13. The fraction of sp³-hybridized carbons (Fsp3) is 0.294. The number of hydrogen-bond donors (Lipinski definition) is 1. The first-order valence-electron chi connectivity index (χ1n) is 8.30. The van der Waals surface area contributed by atoms with Crippen LogP contribution in [0.4, 0.5) is 17.1 Å². The number of nitro groups is 1. The molecule has 150 valence electrons. The fourth-order valence-corrected chi connectivity index (χ4v) is 4.41. The molecule has 28 heavy (non-hydrogen) atoms. The average molecular weight is 428 g/mol. The van der Waals surface area contributed by atoms with Crippen molar-refractivity contribution >= 4 is 38.7 Å². The highest BCUT2D eigenvalue weighted by Gasteiger charge is 2.28. The quantitative estimate of drug-likeness (QED) is 0.557. The molecule has 0 saturated carbocycles. The number of ether oxygens (including phenoxy) is 2. The maximum Gasteiger partial charge on any atom is 0.293 e. The Labute approximate surface area is 167 Å². The number of nitrogens with zero attached hydrogens (tertiary/aromatic N) is 2. The summed E-state index contributed by atoms with van der Waals surface area (Å²) in [7, 11) is -2.92. The van der Waals surface area contributed by atoms with Gasteiger partial charge in [0.25, 0.3) is 15.7 Å². The standard InChI is InChI=1S/C17H18ClN3O6S/c1-26-12-5-6-16(15(11-12)21(22)23)28(24,25)19-14-4-2-3-13(18)17(14)20-7-9-27-10-8-20/h2-6,11,19H,7-10H2,1H3. The topological polar surface area (TPSA) is 111 Å². The Kier molecular flexibility index (Phi) is 5.92. The van der Waals surface area contributed by atoms with Gasteiger partial charge in [-0.2, -0.15) is 0 Å². The summed E-state index contributed by atoms with van der Waals surface area (Å²) < 4.78 is 38.6. The molecule has 0 aromatic heterocycles. The van der Waals surface area contributed by atoms with Gasteiger partial charge in [0.1, 0.15) is 5.75 Å². The summed E-state index contributed by atoms with van der Waals surface area (Å²) in [5.74, 6) is 0.183. The van der Waals surface area contributed by atoms with Crippen molar-refractivity contribution in [2.24, 2.45) is 0 Å². The largest absolute Gasteiger partial charge is 0.497 e. The zero-order valence-corrected chi connectivity index (χ0v) is 16.5. The summed E-state index contributed by atoms with van der Waals surface area (Å²) in [6, 6.07) is 8.37. The van der Waals surface area contributed by atoms with Crippen molar-refractivity contribution in [3.8, 4) is 5.75 Å². The number of nitro benzene ring substituents is 1. The molecule has 2 aromatic carbocycles. The van der Waals surface area contributed by atoms with E-state index in [1.54, 1.807) is 18.2 Å². The van der Waals surface area contributed by atoms with E-state index in [4.69, 9.17) is 21.1 Å². The molecule has 0 amide bonds. The summed E-state index contributed by atoms with van der Waals surface area (Å²) in [5.41, 5.74) is 0.161. The average Bonchev–Trinajstić information content (AvgIpc) is 2.68. The van der Waals surface area contributed by atoms with Crippen LogP contribution in [0.15, 0.2) is 41.3 Å². The van der Waals surface area contributed by atoms with Crippen molar-refractivity contribution in [3.05, 3.63) is 51.5 Å². The van der Waals surface area contributed by atoms with E-state index in [1.165, 1.54) is 13.2 Å². The molecule has 11 heteroatoms. The Morgan fingerprint density at radius 3 is 2.61 bits per heavy atom. The number of methoxy groups -OCH3 is 1. The van der Waals surface area contributed by atoms with Crippen LogP contribution in [-0.4, -0.2) is 46.8 Å². The monoisotopic (exact) mass is 427 g/mol. The van der Waals surface area contributed by atoms with E-state index < -0.39 is 25.5 Å². The third-order valence-electron chi connectivity index (χ3n) is 4.21. The second-order valence-electron chi connectivity index (χ2n) is 5.93. The van der Waals surface area contributed by atoms with Gasteiger partial charge >= 0.3 is 0 Å². The zero-order chi connectivity index (χ0) is 20.3. The molecule has 2 aromatic rings. The minimum absolute atomic E-state index is 0.183. The first-order valence-corrected chi connectivity index (χ1v) is 10.2. The summed E-state index contributed by atoms with van der Waals surface area (Å²) >= 11 is 6.32. The highest BCUT2D eigenvalue weighted by atomic mass is 35.5. The van der Waals surface area contributed by atoms with Gasteiger partial charge in [-0.1, -0.05) is 17.7 Å². The van der Waals surface area contributed by atoms with Crippen LogP contribution in [0.2, 0.25) is 5.02 Å². The highest BCUT2D eigenvalue weighted by Crippen LogP contribution is 2.37. The second kappa shape index (κ2) is 8.21. The molecule has 0 spiro atoms. The lowest BCUT2D eigenvalue weighted by molar-refractivity contribution is -0.387. The summed E-state index contributed by atoms with van der Waals surface area (Å²) in [4.78, 5) is 12.0.